The minimum absolute atomic E-state index is 0.110. The third-order valence-corrected chi connectivity index (χ3v) is 6.64. The summed E-state index contributed by atoms with van der Waals surface area (Å²) in [5.41, 5.74) is 3.16. The molecule has 0 saturated carbocycles. The van der Waals surface area contributed by atoms with Crippen LogP contribution in [0, 0.1) is 6.92 Å². The Morgan fingerprint density at radius 1 is 1.08 bits per heavy atom. The molecule has 4 rings (SSSR count). The van der Waals surface area contributed by atoms with Crippen LogP contribution >= 0.6 is 34.4 Å². The number of hydrogen-bond acceptors (Lipinski definition) is 7. The first-order valence-electron chi connectivity index (χ1n) is 7.86. The summed E-state index contributed by atoms with van der Waals surface area (Å²) in [6.45, 7) is 2.04. The molecule has 1 N–H and O–H groups in total. The zero-order valence-electron chi connectivity index (χ0n) is 13.8. The smallest absolute Gasteiger partial charge is 0.236 e. The number of anilines is 1. The molecule has 2 aromatic heterocycles. The van der Waals surface area contributed by atoms with Gasteiger partial charge in [0, 0.05) is 5.56 Å². The highest BCUT2D eigenvalue weighted by atomic mass is 32.2. The van der Waals surface area contributed by atoms with Crippen molar-refractivity contribution in [1.29, 1.82) is 0 Å². The molecule has 26 heavy (non-hydrogen) atoms. The normalized spacial score (nSPS) is 11.0. The molecule has 130 valence electrons. The van der Waals surface area contributed by atoms with Crippen molar-refractivity contribution < 1.29 is 4.79 Å². The van der Waals surface area contributed by atoms with Crippen molar-refractivity contribution >= 4 is 55.7 Å². The minimum atomic E-state index is -0.110. The van der Waals surface area contributed by atoms with Gasteiger partial charge in [0.15, 0.2) is 4.34 Å². The van der Waals surface area contributed by atoms with E-state index in [-0.39, 0.29) is 5.91 Å². The van der Waals surface area contributed by atoms with Crippen molar-refractivity contribution in [3.8, 4) is 10.6 Å². The van der Waals surface area contributed by atoms with Crippen LogP contribution < -0.4 is 5.32 Å². The van der Waals surface area contributed by atoms with E-state index in [1.807, 2.05) is 55.5 Å². The summed E-state index contributed by atoms with van der Waals surface area (Å²) in [6, 6.07) is 16.0. The number of rotatable bonds is 5. The van der Waals surface area contributed by atoms with E-state index < -0.39 is 0 Å². The Bertz CT molecular complexity index is 1020. The number of carbonyl (C=O) groups is 1. The van der Waals surface area contributed by atoms with Crippen molar-refractivity contribution in [2.75, 3.05) is 11.1 Å². The molecule has 0 bridgehead atoms. The lowest BCUT2D eigenvalue weighted by molar-refractivity contribution is -0.113. The number of aromatic nitrogens is 3. The molecule has 0 saturated heterocycles. The van der Waals surface area contributed by atoms with Gasteiger partial charge in [0.2, 0.25) is 11.0 Å². The Morgan fingerprint density at radius 3 is 2.69 bits per heavy atom. The second-order valence-corrected chi connectivity index (χ2v) is 8.79. The fourth-order valence-electron chi connectivity index (χ4n) is 2.28. The molecule has 0 unspecified atom stereocenters. The lowest BCUT2D eigenvalue weighted by Gasteiger charge is -1.98. The van der Waals surface area contributed by atoms with Crippen LogP contribution in [-0.4, -0.2) is 26.8 Å². The quantitative estimate of drug-likeness (QED) is 0.487. The van der Waals surface area contributed by atoms with Gasteiger partial charge in [0.1, 0.15) is 5.01 Å². The fraction of sp³-hybridized carbons (Fsp3) is 0.111. The van der Waals surface area contributed by atoms with E-state index >= 15 is 0 Å². The van der Waals surface area contributed by atoms with Gasteiger partial charge in [0.05, 0.1) is 16.0 Å². The van der Waals surface area contributed by atoms with Gasteiger partial charge in [-0.25, -0.2) is 4.98 Å². The first-order chi connectivity index (χ1) is 12.7. The van der Waals surface area contributed by atoms with Crippen LogP contribution in [0.5, 0.6) is 0 Å². The summed E-state index contributed by atoms with van der Waals surface area (Å²) in [6.07, 6.45) is 0. The summed E-state index contributed by atoms with van der Waals surface area (Å²) in [4.78, 5) is 16.7. The van der Waals surface area contributed by atoms with Crippen molar-refractivity contribution in [1.82, 2.24) is 15.2 Å². The van der Waals surface area contributed by atoms with Gasteiger partial charge in [-0.15, -0.1) is 21.5 Å². The Hall–Kier alpha value is -2.29. The van der Waals surface area contributed by atoms with E-state index in [1.54, 1.807) is 11.3 Å². The van der Waals surface area contributed by atoms with E-state index in [9.17, 15) is 4.79 Å². The maximum atomic E-state index is 12.2. The van der Waals surface area contributed by atoms with Gasteiger partial charge < -0.3 is 0 Å². The molecule has 0 fully saturated rings. The summed E-state index contributed by atoms with van der Waals surface area (Å²) in [5, 5.41) is 12.3. The van der Waals surface area contributed by atoms with E-state index in [0.717, 1.165) is 25.1 Å². The van der Waals surface area contributed by atoms with Gasteiger partial charge in [-0.05, 0) is 19.1 Å². The van der Waals surface area contributed by atoms with Gasteiger partial charge >= 0.3 is 0 Å². The molecule has 0 aliphatic heterocycles. The number of carbonyl (C=O) groups excluding carboxylic acids is 1. The fourth-order valence-corrected chi connectivity index (χ4v) is 4.92. The average Bonchev–Trinajstić information content (AvgIpc) is 3.27. The molecule has 0 spiro atoms. The lowest BCUT2D eigenvalue weighted by Crippen LogP contribution is -2.13. The summed E-state index contributed by atoms with van der Waals surface area (Å²) in [7, 11) is 0. The number of aryl methyl sites for hydroxylation is 1. The van der Waals surface area contributed by atoms with Crippen LogP contribution in [0.15, 0.2) is 52.9 Å². The Kier molecular flexibility index (Phi) is 4.96. The van der Waals surface area contributed by atoms with Crippen LogP contribution in [-0.2, 0) is 4.79 Å². The number of fused-ring (bicyclic) bond motifs is 1. The first-order valence-corrected chi connectivity index (χ1v) is 10.5. The first kappa shape index (κ1) is 17.1. The van der Waals surface area contributed by atoms with Crippen LogP contribution in [0.2, 0.25) is 0 Å². The largest absolute Gasteiger partial charge is 0.300 e. The Labute approximate surface area is 162 Å². The van der Waals surface area contributed by atoms with Gasteiger partial charge in [-0.3, -0.25) is 10.1 Å². The van der Waals surface area contributed by atoms with Gasteiger partial charge in [-0.1, -0.05) is 65.1 Å². The van der Waals surface area contributed by atoms with E-state index in [0.29, 0.717) is 10.9 Å². The number of amides is 1. The molecular formula is C18H14N4OS3. The van der Waals surface area contributed by atoms with E-state index in [1.165, 1.54) is 28.7 Å². The standard InChI is InChI=1S/C18H14N4OS3/c1-11-6-8-12(9-7-11)16-21-22-17(26-16)20-15(23)10-24-18-19-13-4-2-3-5-14(13)25-18/h2-9H,10H2,1H3,(H,20,22,23). The van der Waals surface area contributed by atoms with Crippen LogP contribution in [0.1, 0.15) is 5.56 Å². The zero-order valence-corrected chi connectivity index (χ0v) is 16.3. The second kappa shape index (κ2) is 7.53. The maximum Gasteiger partial charge on any atom is 0.236 e. The number of benzene rings is 2. The second-order valence-electron chi connectivity index (χ2n) is 5.56. The van der Waals surface area contributed by atoms with Gasteiger partial charge in [-0.2, -0.15) is 0 Å². The number of thioether (sulfide) groups is 1. The van der Waals surface area contributed by atoms with Crippen molar-refractivity contribution in [2.24, 2.45) is 0 Å². The Morgan fingerprint density at radius 2 is 1.88 bits per heavy atom. The molecule has 4 aromatic rings. The van der Waals surface area contributed by atoms with E-state index in [2.05, 4.69) is 20.5 Å². The highest BCUT2D eigenvalue weighted by Gasteiger charge is 2.11. The average molecular weight is 399 g/mol. The van der Waals surface area contributed by atoms with Crippen molar-refractivity contribution in [3.63, 3.8) is 0 Å². The number of nitrogens with one attached hydrogen (secondary N) is 1. The SMILES string of the molecule is Cc1ccc(-c2nnc(NC(=O)CSc3nc4ccccc4s3)s2)cc1. The predicted molar refractivity (Wildman–Crippen MR) is 109 cm³/mol. The summed E-state index contributed by atoms with van der Waals surface area (Å²) < 4.78 is 2.02. The highest BCUT2D eigenvalue weighted by molar-refractivity contribution is 8.01. The lowest BCUT2D eigenvalue weighted by atomic mass is 10.2. The molecular weight excluding hydrogens is 384 g/mol. The molecule has 1 amide bonds. The third-order valence-electron chi connectivity index (χ3n) is 3.57. The highest BCUT2D eigenvalue weighted by Crippen LogP contribution is 2.30. The van der Waals surface area contributed by atoms with Crippen LogP contribution in [0.25, 0.3) is 20.8 Å². The molecule has 0 atom stereocenters. The maximum absolute atomic E-state index is 12.2. The number of nitrogens with zero attached hydrogens (tertiary/aromatic N) is 3. The summed E-state index contributed by atoms with van der Waals surface area (Å²) >= 11 is 4.39. The van der Waals surface area contributed by atoms with Crippen molar-refractivity contribution in [2.45, 2.75) is 11.3 Å². The molecule has 0 aliphatic carbocycles. The van der Waals surface area contributed by atoms with Gasteiger partial charge in [0.25, 0.3) is 0 Å². The number of thiazole rings is 1. The topological polar surface area (TPSA) is 67.8 Å². The van der Waals surface area contributed by atoms with Crippen LogP contribution in [0.4, 0.5) is 5.13 Å². The number of para-hydroxylation sites is 1. The Balaban J connectivity index is 1.36. The van der Waals surface area contributed by atoms with E-state index in [4.69, 9.17) is 0 Å². The minimum Gasteiger partial charge on any atom is -0.300 e. The van der Waals surface area contributed by atoms with Crippen molar-refractivity contribution in [3.05, 3.63) is 54.1 Å². The molecule has 5 nitrogen and oxygen atoms in total. The zero-order chi connectivity index (χ0) is 17.9. The molecule has 0 radical (unpaired) electrons. The van der Waals surface area contributed by atoms with Crippen LogP contribution in [0.3, 0.4) is 0 Å². The predicted octanol–water partition coefficient (Wildman–Crippen LogP) is 4.85. The molecule has 8 heteroatoms. The molecule has 2 heterocycles. The third kappa shape index (κ3) is 3.92. The molecule has 0 aliphatic rings. The number of hydrogen-bond donors (Lipinski definition) is 1. The monoisotopic (exact) mass is 398 g/mol. The summed E-state index contributed by atoms with van der Waals surface area (Å²) in [5.74, 6) is 0.181. The molecule has 2 aromatic carbocycles.